The zero-order chi connectivity index (χ0) is 29.5. The van der Waals surface area contributed by atoms with Crippen molar-refractivity contribution in [3.05, 3.63) is 0 Å². The molecule has 6 heteroatoms. The van der Waals surface area contributed by atoms with Crippen molar-refractivity contribution >= 4 is 14.7 Å². The van der Waals surface area contributed by atoms with Crippen molar-refractivity contribution in [1.29, 1.82) is 0 Å². The molecule has 38 heavy (non-hydrogen) atoms. The molecule has 0 heterocycles. The number of hydrogen-bond acceptors (Lipinski definition) is 2. The third-order valence-electron chi connectivity index (χ3n) is 8.39. The minimum absolute atomic E-state index is 0.0227. The molecule has 0 spiro atoms. The Morgan fingerprint density at radius 1 is 0.500 bits per heavy atom. The summed E-state index contributed by atoms with van der Waals surface area (Å²) in [7, 11) is -5.89. The molecule has 0 aromatic carbocycles. The summed E-state index contributed by atoms with van der Waals surface area (Å²) in [6.07, 6.45) is 21.5. The first-order chi connectivity index (χ1) is 17.9. The predicted octanol–water partition coefficient (Wildman–Crippen LogP) is 11.7. The smallest absolute Gasteiger partial charge is 0.206 e. The first-order valence-electron chi connectivity index (χ1n) is 16.6. The summed E-state index contributed by atoms with van der Waals surface area (Å²) >= 11 is 0. The molecule has 232 valence electrons. The molecule has 0 aromatic rings. The highest BCUT2D eigenvalue weighted by Crippen LogP contribution is 2.54. The van der Waals surface area contributed by atoms with Crippen LogP contribution in [0.1, 0.15) is 171 Å². The van der Waals surface area contributed by atoms with E-state index >= 15 is 0 Å². The Hall–Kier alpha value is 0.380. The van der Waals surface area contributed by atoms with Crippen LogP contribution in [-0.2, 0) is 9.13 Å². The molecule has 0 aliphatic rings. The van der Waals surface area contributed by atoms with Gasteiger partial charge in [0.05, 0.1) is 0 Å². The first-order valence-corrected chi connectivity index (χ1v) is 20.4. The van der Waals surface area contributed by atoms with Gasteiger partial charge in [-0.2, -0.15) is 0 Å². The molecule has 4 nitrogen and oxygen atoms in total. The lowest BCUT2D eigenvalue weighted by Gasteiger charge is -2.25. The quantitative estimate of drug-likeness (QED) is 0.0879. The monoisotopic (exact) mass is 580 g/mol. The fourth-order valence-corrected chi connectivity index (χ4v) is 9.87. The third kappa shape index (κ3) is 21.2. The van der Waals surface area contributed by atoms with Gasteiger partial charge >= 0.3 is 0 Å². The first kappa shape index (κ1) is 40.5. The highest BCUT2D eigenvalue weighted by molar-refractivity contribution is 7.59. The standard InChI is InChI=1S/2C16H35O2P/c1-5-7-9-11-13-15(3)19(17,18)16(4)14-12-10-8-6-2;1-5-9-11-15(7-3)13-19(17,18)14-16(8-4)12-10-6-2/h2*15-16H,5-14H2,1-4H3,(H,17,18). The summed E-state index contributed by atoms with van der Waals surface area (Å²) in [6.45, 7) is 17.0. The average Bonchev–Trinajstić information content (AvgIpc) is 2.89. The fraction of sp³-hybridized carbons (Fsp3) is 1.00. The predicted molar refractivity (Wildman–Crippen MR) is 172 cm³/mol. The van der Waals surface area contributed by atoms with Gasteiger partial charge in [-0.05, 0) is 37.5 Å². The molecule has 0 rings (SSSR count). The summed E-state index contributed by atoms with van der Waals surface area (Å²) < 4.78 is 24.9. The van der Waals surface area contributed by atoms with E-state index in [9.17, 15) is 18.9 Å². The van der Waals surface area contributed by atoms with Gasteiger partial charge in [0, 0.05) is 23.6 Å². The number of hydrogen-bond donors (Lipinski definition) is 2. The lowest BCUT2D eigenvalue weighted by molar-refractivity contribution is 0.414. The van der Waals surface area contributed by atoms with Crippen LogP contribution in [0.4, 0.5) is 0 Å². The van der Waals surface area contributed by atoms with E-state index in [2.05, 4.69) is 41.5 Å². The van der Waals surface area contributed by atoms with Crippen LogP contribution in [0.5, 0.6) is 0 Å². The zero-order valence-electron chi connectivity index (χ0n) is 27.1. The Morgan fingerprint density at radius 2 is 0.842 bits per heavy atom. The van der Waals surface area contributed by atoms with Crippen molar-refractivity contribution in [2.45, 2.75) is 182 Å². The van der Waals surface area contributed by atoms with Gasteiger partial charge in [0.2, 0.25) is 14.7 Å². The van der Waals surface area contributed by atoms with E-state index in [1.165, 1.54) is 64.2 Å². The molecule has 0 saturated heterocycles. The van der Waals surface area contributed by atoms with Gasteiger partial charge in [-0.3, -0.25) is 9.13 Å². The summed E-state index contributed by atoms with van der Waals surface area (Å²) in [4.78, 5) is 20.6. The summed E-state index contributed by atoms with van der Waals surface area (Å²) in [5.74, 6) is 0.888. The van der Waals surface area contributed by atoms with Crippen LogP contribution in [-0.4, -0.2) is 33.4 Å². The molecule has 0 aliphatic carbocycles. The molecule has 2 N–H and O–H groups in total. The molecule has 0 aromatic heterocycles. The fourth-order valence-electron chi connectivity index (χ4n) is 5.25. The molecular weight excluding hydrogens is 510 g/mol. The molecule has 0 radical (unpaired) electrons. The molecule has 4 atom stereocenters. The van der Waals surface area contributed by atoms with Crippen molar-refractivity contribution in [3.63, 3.8) is 0 Å². The summed E-state index contributed by atoms with van der Waals surface area (Å²) in [5, 5.41) is 0. The maximum Gasteiger partial charge on any atom is 0.206 e. The maximum atomic E-state index is 12.5. The van der Waals surface area contributed by atoms with E-state index in [0.29, 0.717) is 24.2 Å². The van der Waals surface area contributed by atoms with Crippen molar-refractivity contribution in [2.75, 3.05) is 12.3 Å². The Bertz CT molecular complexity index is 566. The van der Waals surface area contributed by atoms with Crippen LogP contribution in [0.15, 0.2) is 0 Å². The Kier molecular flexibility index (Phi) is 26.8. The molecule has 0 amide bonds. The van der Waals surface area contributed by atoms with Crippen LogP contribution in [0.2, 0.25) is 0 Å². The van der Waals surface area contributed by atoms with E-state index in [0.717, 1.165) is 51.4 Å². The molecule has 4 unspecified atom stereocenters. The zero-order valence-corrected chi connectivity index (χ0v) is 28.8. The molecule has 0 bridgehead atoms. The summed E-state index contributed by atoms with van der Waals surface area (Å²) in [6, 6.07) is 0. The average molecular weight is 581 g/mol. The highest BCUT2D eigenvalue weighted by atomic mass is 31.2. The van der Waals surface area contributed by atoms with Gasteiger partial charge in [-0.1, -0.05) is 145 Å². The van der Waals surface area contributed by atoms with Crippen LogP contribution >= 0.6 is 14.7 Å². The van der Waals surface area contributed by atoms with Crippen LogP contribution in [0.25, 0.3) is 0 Å². The molecule has 0 aliphatic heterocycles. The lowest BCUT2D eigenvalue weighted by Crippen LogP contribution is -2.14. The van der Waals surface area contributed by atoms with Crippen molar-refractivity contribution < 1.29 is 18.9 Å². The Labute approximate surface area is 239 Å². The topological polar surface area (TPSA) is 74.6 Å². The normalized spacial score (nSPS) is 17.9. The lowest BCUT2D eigenvalue weighted by atomic mass is 10.0. The second-order valence-electron chi connectivity index (χ2n) is 12.1. The van der Waals surface area contributed by atoms with Gasteiger partial charge < -0.3 is 9.79 Å². The second kappa shape index (κ2) is 25.1. The molecular formula is C32H70O4P2. The minimum Gasteiger partial charge on any atom is -0.344 e. The Morgan fingerprint density at radius 3 is 1.13 bits per heavy atom. The molecule has 0 saturated carbocycles. The van der Waals surface area contributed by atoms with E-state index < -0.39 is 14.7 Å². The van der Waals surface area contributed by atoms with Crippen molar-refractivity contribution in [3.8, 4) is 0 Å². The van der Waals surface area contributed by atoms with Crippen LogP contribution in [0, 0.1) is 11.8 Å². The number of unbranched alkanes of at least 4 members (excludes halogenated alkanes) is 8. The van der Waals surface area contributed by atoms with E-state index in [-0.39, 0.29) is 11.3 Å². The SMILES string of the molecule is CCCCC(CC)CP(=O)(O)CC(CC)CCCC.CCCCCCC(C)P(=O)(O)C(C)CCCCCC. The van der Waals surface area contributed by atoms with Crippen LogP contribution in [0.3, 0.4) is 0 Å². The van der Waals surface area contributed by atoms with Gasteiger partial charge in [0.1, 0.15) is 0 Å². The van der Waals surface area contributed by atoms with Gasteiger partial charge in [-0.15, -0.1) is 0 Å². The van der Waals surface area contributed by atoms with Gasteiger partial charge in [0.25, 0.3) is 0 Å². The van der Waals surface area contributed by atoms with Crippen molar-refractivity contribution in [1.82, 2.24) is 0 Å². The molecule has 0 fully saturated rings. The van der Waals surface area contributed by atoms with Crippen LogP contribution < -0.4 is 0 Å². The minimum atomic E-state index is -2.97. The van der Waals surface area contributed by atoms with E-state index in [1.807, 2.05) is 13.8 Å². The van der Waals surface area contributed by atoms with E-state index in [1.54, 1.807) is 0 Å². The van der Waals surface area contributed by atoms with Crippen molar-refractivity contribution in [2.24, 2.45) is 11.8 Å². The van der Waals surface area contributed by atoms with E-state index in [4.69, 9.17) is 0 Å². The maximum absolute atomic E-state index is 12.5. The summed E-state index contributed by atoms with van der Waals surface area (Å²) in [5.41, 5.74) is -0.0453. The second-order valence-corrected chi connectivity index (χ2v) is 17.6. The van der Waals surface area contributed by atoms with Gasteiger partial charge in [0.15, 0.2) is 0 Å². The third-order valence-corrected chi connectivity index (χ3v) is 13.6. The largest absolute Gasteiger partial charge is 0.344 e. The van der Waals surface area contributed by atoms with Gasteiger partial charge in [-0.25, -0.2) is 0 Å². The Balaban J connectivity index is 0. The number of rotatable bonds is 24. The highest BCUT2D eigenvalue weighted by Gasteiger charge is 2.32.